The molecule has 0 aromatic heterocycles. The van der Waals surface area contributed by atoms with Gasteiger partial charge in [-0.2, -0.15) is 0 Å². The molecule has 0 saturated heterocycles. The van der Waals surface area contributed by atoms with Crippen molar-refractivity contribution in [2.24, 2.45) is 5.73 Å². The van der Waals surface area contributed by atoms with Gasteiger partial charge in [0.05, 0.1) is 12.2 Å². The van der Waals surface area contributed by atoms with E-state index in [0.29, 0.717) is 19.6 Å². The highest BCUT2D eigenvalue weighted by atomic mass is 16.3. The Morgan fingerprint density at radius 2 is 1.76 bits per heavy atom. The minimum atomic E-state index is -0.537. The molecule has 4 N–H and O–H groups in total. The maximum Gasteiger partial charge on any atom is 0.0916 e. The number of rotatable bonds is 6. The lowest BCUT2D eigenvalue weighted by atomic mass is 10.1. The van der Waals surface area contributed by atoms with Gasteiger partial charge in [-0.05, 0) is 25.1 Å². The smallest absolute Gasteiger partial charge is 0.0916 e. The molecule has 2 atom stereocenters. The van der Waals surface area contributed by atoms with Crippen molar-refractivity contribution in [3.63, 3.8) is 0 Å². The molecule has 4 heteroatoms. The van der Waals surface area contributed by atoms with Gasteiger partial charge in [0.1, 0.15) is 0 Å². The molecule has 17 heavy (non-hydrogen) atoms. The normalized spacial score (nSPS) is 14.9. The quantitative estimate of drug-likeness (QED) is 0.674. The Balaban J connectivity index is 2.53. The zero-order chi connectivity index (χ0) is 12.8. The average molecular weight is 238 g/mol. The van der Waals surface area contributed by atoms with Crippen LogP contribution in [0.5, 0.6) is 0 Å². The van der Waals surface area contributed by atoms with Gasteiger partial charge in [0.15, 0.2) is 0 Å². The molecule has 0 aliphatic heterocycles. The van der Waals surface area contributed by atoms with E-state index in [1.807, 2.05) is 36.2 Å². The first-order chi connectivity index (χ1) is 8.02. The largest absolute Gasteiger partial charge is 0.392 e. The molecule has 0 aliphatic rings. The van der Waals surface area contributed by atoms with E-state index in [0.717, 1.165) is 11.1 Å². The fourth-order valence-electron chi connectivity index (χ4n) is 1.80. The van der Waals surface area contributed by atoms with Gasteiger partial charge < -0.3 is 20.8 Å². The summed E-state index contributed by atoms with van der Waals surface area (Å²) in [6.45, 7) is 3.31. The van der Waals surface area contributed by atoms with E-state index < -0.39 is 6.10 Å². The Labute approximate surface area is 103 Å². The van der Waals surface area contributed by atoms with Crippen LogP contribution in [0.15, 0.2) is 24.3 Å². The van der Waals surface area contributed by atoms with Gasteiger partial charge >= 0.3 is 0 Å². The van der Waals surface area contributed by atoms with Crippen LogP contribution in [-0.4, -0.2) is 41.4 Å². The zero-order valence-electron chi connectivity index (χ0n) is 10.5. The number of aliphatic hydroxyl groups excluding tert-OH is 2. The lowest BCUT2D eigenvalue weighted by Crippen LogP contribution is -2.31. The molecule has 1 aromatic carbocycles. The molecule has 1 aromatic rings. The number of likely N-dealkylation sites (N-methyl/N-ethyl adjacent to an activating group) is 1. The third kappa shape index (κ3) is 4.83. The first-order valence-corrected chi connectivity index (χ1v) is 5.86. The molecule has 96 valence electrons. The Morgan fingerprint density at radius 3 is 2.24 bits per heavy atom. The first kappa shape index (κ1) is 14.1. The van der Waals surface area contributed by atoms with Crippen LogP contribution in [-0.2, 0) is 6.54 Å². The molecule has 2 unspecified atom stereocenters. The van der Waals surface area contributed by atoms with Crippen LogP contribution in [0.1, 0.15) is 24.2 Å². The summed E-state index contributed by atoms with van der Waals surface area (Å²) < 4.78 is 0. The minimum absolute atomic E-state index is 0.383. The summed E-state index contributed by atoms with van der Waals surface area (Å²) in [4.78, 5) is 1.91. The third-order valence-electron chi connectivity index (χ3n) is 2.66. The van der Waals surface area contributed by atoms with E-state index in [2.05, 4.69) is 0 Å². The van der Waals surface area contributed by atoms with E-state index >= 15 is 0 Å². The molecule has 0 radical (unpaired) electrons. The van der Waals surface area contributed by atoms with Crippen molar-refractivity contribution < 1.29 is 10.2 Å². The molecule has 0 bridgehead atoms. The van der Waals surface area contributed by atoms with Crippen LogP contribution in [0.4, 0.5) is 0 Å². The van der Waals surface area contributed by atoms with E-state index in [9.17, 15) is 10.2 Å². The number of nitrogens with zero attached hydrogens (tertiary/aromatic N) is 1. The second-order valence-electron chi connectivity index (χ2n) is 4.53. The van der Waals surface area contributed by atoms with Crippen molar-refractivity contribution in [2.75, 3.05) is 20.1 Å². The van der Waals surface area contributed by atoms with Crippen LogP contribution in [0.25, 0.3) is 0 Å². The molecule has 4 nitrogen and oxygen atoms in total. The third-order valence-corrected chi connectivity index (χ3v) is 2.66. The molecule has 0 aliphatic carbocycles. The molecule has 0 heterocycles. The van der Waals surface area contributed by atoms with Gasteiger partial charge in [-0.25, -0.2) is 0 Å². The predicted molar refractivity (Wildman–Crippen MR) is 68.5 cm³/mol. The first-order valence-electron chi connectivity index (χ1n) is 5.86. The topological polar surface area (TPSA) is 69.7 Å². The fraction of sp³-hybridized carbons (Fsp3) is 0.538. The van der Waals surface area contributed by atoms with Crippen LogP contribution in [0.2, 0.25) is 0 Å². The standard InChI is InChI=1S/C13H22N2O2/c1-10(16)8-15(2)9-13(17)12-5-3-11(7-14)4-6-12/h3-6,10,13,16-17H,7-9,14H2,1-2H3. The fourth-order valence-corrected chi connectivity index (χ4v) is 1.80. The van der Waals surface area contributed by atoms with E-state index in [1.165, 1.54) is 0 Å². The number of nitrogens with two attached hydrogens (primary N) is 1. The number of benzene rings is 1. The summed E-state index contributed by atoms with van der Waals surface area (Å²) >= 11 is 0. The number of hydrogen-bond donors (Lipinski definition) is 3. The van der Waals surface area contributed by atoms with Crippen molar-refractivity contribution in [3.05, 3.63) is 35.4 Å². The average Bonchev–Trinajstić information content (AvgIpc) is 2.28. The Morgan fingerprint density at radius 1 is 1.18 bits per heavy atom. The van der Waals surface area contributed by atoms with Crippen LogP contribution >= 0.6 is 0 Å². The van der Waals surface area contributed by atoms with Gasteiger partial charge in [-0.15, -0.1) is 0 Å². The second-order valence-corrected chi connectivity index (χ2v) is 4.53. The molecular formula is C13H22N2O2. The summed E-state index contributed by atoms with van der Waals surface area (Å²) in [6.07, 6.45) is -0.919. The number of aliphatic hydroxyl groups is 2. The Hall–Kier alpha value is -0.940. The van der Waals surface area contributed by atoms with Crippen LogP contribution < -0.4 is 5.73 Å². The van der Waals surface area contributed by atoms with Crippen molar-refractivity contribution in [2.45, 2.75) is 25.7 Å². The van der Waals surface area contributed by atoms with Gasteiger partial charge in [0, 0.05) is 19.6 Å². The highest BCUT2D eigenvalue weighted by Crippen LogP contribution is 2.14. The van der Waals surface area contributed by atoms with Crippen molar-refractivity contribution in [1.29, 1.82) is 0 Å². The van der Waals surface area contributed by atoms with Gasteiger partial charge in [-0.3, -0.25) is 0 Å². The highest BCUT2D eigenvalue weighted by molar-refractivity contribution is 5.24. The summed E-state index contributed by atoms with van der Waals surface area (Å²) in [5.74, 6) is 0. The monoisotopic (exact) mass is 238 g/mol. The SMILES string of the molecule is CC(O)CN(C)CC(O)c1ccc(CN)cc1. The molecule has 1 rings (SSSR count). The lowest BCUT2D eigenvalue weighted by molar-refractivity contribution is 0.0907. The minimum Gasteiger partial charge on any atom is -0.392 e. The van der Waals surface area contributed by atoms with Crippen molar-refractivity contribution in [1.82, 2.24) is 4.90 Å². The zero-order valence-corrected chi connectivity index (χ0v) is 10.5. The molecule has 0 spiro atoms. The molecule has 0 fully saturated rings. The number of hydrogen-bond acceptors (Lipinski definition) is 4. The Bertz CT molecular complexity index is 325. The summed E-state index contributed by atoms with van der Waals surface area (Å²) in [5.41, 5.74) is 7.44. The van der Waals surface area contributed by atoms with Crippen LogP contribution in [0, 0.1) is 0 Å². The highest BCUT2D eigenvalue weighted by Gasteiger charge is 2.11. The Kier molecular flexibility index (Phi) is 5.58. The summed E-state index contributed by atoms with van der Waals surface area (Å²) in [5, 5.41) is 19.3. The van der Waals surface area contributed by atoms with E-state index in [1.54, 1.807) is 6.92 Å². The molecule has 0 saturated carbocycles. The van der Waals surface area contributed by atoms with Crippen LogP contribution in [0.3, 0.4) is 0 Å². The van der Waals surface area contributed by atoms with Gasteiger partial charge in [0.2, 0.25) is 0 Å². The summed E-state index contributed by atoms with van der Waals surface area (Å²) in [7, 11) is 1.88. The maximum atomic E-state index is 10.0. The van der Waals surface area contributed by atoms with E-state index in [-0.39, 0.29) is 6.10 Å². The lowest BCUT2D eigenvalue weighted by Gasteiger charge is -2.22. The maximum absolute atomic E-state index is 10.0. The molecule has 0 amide bonds. The van der Waals surface area contributed by atoms with Gasteiger partial charge in [0.25, 0.3) is 0 Å². The van der Waals surface area contributed by atoms with Gasteiger partial charge in [-0.1, -0.05) is 24.3 Å². The van der Waals surface area contributed by atoms with Crippen molar-refractivity contribution >= 4 is 0 Å². The molecular weight excluding hydrogens is 216 g/mol. The summed E-state index contributed by atoms with van der Waals surface area (Å²) in [6, 6.07) is 7.63. The second kappa shape index (κ2) is 6.71. The predicted octanol–water partition coefficient (Wildman–Crippen LogP) is 0.491. The van der Waals surface area contributed by atoms with Crippen molar-refractivity contribution in [3.8, 4) is 0 Å². The van der Waals surface area contributed by atoms with E-state index in [4.69, 9.17) is 5.73 Å².